The second-order valence-corrected chi connectivity index (χ2v) is 5.70. The molecular formula is C15H17F3N2O. The summed E-state index contributed by atoms with van der Waals surface area (Å²) < 4.78 is 38.9. The average Bonchev–Trinajstić information content (AvgIpc) is 3.18. The Morgan fingerprint density at radius 1 is 1.19 bits per heavy atom. The largest absolute Gasteiger partial charge is 0.416 e. The van der Waals surface area contributed by atoms with Gasteiger partial charge in [-0.15, -0.1) is 0 Å². The zero-order valence-electron chi connectivity index (χ0n) is 11.5. The van der Waals surface area contributed by atoms with Gasteiger partial charge in [-0.25, -0.2) is 0 Å². The highest BCUT2D eigenvalue weighted by Crippen LogP contribution is 2.33. The molecule has 21 heavy (non-hydrogen) atoms. The van der Waals surface area contributed by atoms with E-state index in [1.54, 1.807) is 6.07 Å². The Kier molecular flexibility index (Phi) is 3.65. The summed E-state index contributed by atoms with van der Waals surface area (Å²) >= 11 is 0. The van der Waals surface area contributed by atoms with Crippen molar-refractivity contribution < 1.29 is 18.0 Å². The summed E-state index contributed by atoms with van der Waals surface area (Å²) in [5, 5.41) is 3.25. The first-order valence-corrected chi connectivity index (χ1v) is 7.15. The molecule has 2 fully saturated rings. The molecule has 0 bridgehead atoms. The maximum absolute atomic E-state index is 13.0. The van der Waals surface area contributed by atoms with E-state index in [1.165, 1.54) is 17.0 Å². The molecule has 1 aromatic carbocycles. The third-order valence-corrected chi connectivity index (χ3v) is 4.00. The predicted molar refractivity (Wildman–Crippen MR) is 71.4 cm³/mol. The van der Waals surface area contributed by atoms with Gasteiger partial charge in [0.25, 0.3) is 0 Å². The van der Waals surface area contributed by atoms with E-state index in [9.17, 15) is 18.0 Å². The van der Waals surface area contributed by atoms with Gasteiger partial charge in [0.15, 0.2) is 0 Å². The number of likely N-dealkylation sites (tertiary alicyclic amines) is 1. The maximum atomic E-state index is 13.0. The van der Waals surface area contributed by atoms with Crippen LogP contribution in [0.2, 0.25) is 0 Å². The second-order valence-electron chi connectivity index (χ2n) is 5.70. The molecule has 6 heteroatoms. The van der Waals surface area contributed by atoms with Crippen molar-refractivity contribution >= 4 is 5.91 Å². The van der Waals surface area contributed by atoms with Crippen molar-refractivity contribution in [2.75, 3.05) is 6.54 Å². The van der Waals surface area contributed by atoms with E-state index in [2.05, 4.69) is 5.32 Å². The summed E-state index contributed by atoms with van der Waals surface area (Å²) in [6, 6.07) is 5.64. The van der Waals surface area contributed by atoms with E-state index in [0.717, 1.165) is 18.9 Å². The monoisotopic (exact) mass is 298 g/mol. The zero-order chi connectivity index (χ0) is 15.0. The van der Waals surface area contributed by atoms with Crippen molar-refractivity contribution in [2.24, 2.45) is 0 Å². The van der Waals surface area contributed by atoms with Gasteiger partial charge in [-0.3, -0.25) is 4.79 Å². The number of alkyl halides is 3. The fourth-order valence-electron chi connectivity index (χ4n) is 2.73. The lowest BCUT2D eigenvalue weighted by Crippen LogP contribution is -2.39. The molecule has 1 unspecified atom stereocenters. The molecule has 2 aliphatic rings. The highest BCUT2D eigenvalue weighted by atomic mass is 19.4. The van der Waals surface area contributed by atoms with Gasteiger partial charge < -0.3 is 10.2 Å². The number of rotatable bonds is 4. The molecule has 1 aromatic rings. The molecule has 1 atom stereocenters. The molecule has 1 saturated heterocycles. The van der Waals surface area contributed by atoms with Gasteiger partial charge in [0, 0.05) is 19.1 Å². The molecule has 1 N–H and O–H groups in total. The zero-order valence-corrected chi connectivity index (χ0v) is 11.5. The first-order valence-electron chi connectivity index (χ1n) is 7.15. The number of nitrogens with one attached hydrogen (secondary N) is 1. The fraction of sp³-hybridized carbons (Fsp3) is 0.533. The normalized spacial score (nSPS) is 22.9. The molecule has 0 spiro atoms. The Bertz CT molecular complexity index is 540. The van der Waals surface area contributed by atoms with Gasteiger partial charge in [-0.2, -0.15) is 13.2 Å². The average molecular weight is 298 g/mol. The van der Waals surface area contributed by atoms with Crippen LogP contribution in [0.25, 0.3) is 0 Å². The predicted octanol–water partition coefficient (Wildman–Crippen LogP) is 2.56. The van der Waals surface area contributed by atoms with Crippen molar-refractivity contribution in [3.05, 3.63) is 35.4 Å². The molecule has 1 saturated carbocycles. The van der Waals surface area contributed by atoms with E-state index in [1.807, 2.05) is 0 Å². The van der Waals surface area contributed by atoms with Crippen LogP contribution in [-0.2, 0) is 17.5 Å². The summed E-state index contributed by atoms with van der Waals surface area (Å²) in [5.74, 6) is -0.0844. The van der Waals surface area contributed by atoms with E-state index in [-0.39, 0.29) is 24.1 Å². The molecule has 3 rings (SSSR count). The Hall–Kier alpha value is -1.56. The number of carbonyl (C=O) groups excluding carboxylic acids is 1. The molecule has 1 heterocycles. The molecule has 1 amide bonds. The SMILES string of the molecule is O=C1C(NC2CC2)CCN1Cc1ccccc1C(F)(F)F. The van der Waals surface area contributed by atoms with Crippen LogP contribution in [0.4, 0.5) is 13.2 Å². The first-order chi connectivity index (χ1) is 9.95. The Labute approximate surface area is 121 Å². The molecule has 0 radical (unpaired) electrons. The van der Waals surface area contributed by atoms with Gasteiger partial charge in [-0.05, 0) is 30.9 Å². The fourth-order valence-corrected chi connectivity index (χ4v) is 2.73. The molecular weight excluding hydrogens is 281 g/mol. The standard InChI is InChI=1S/C15H17F3N2O/c16-15(17,18)12-4-2-1-3-10(12)9-20-8-7-13(14(20)21)19-11-5-6-11/h1-4,11,13,19H,5-9H2. The lowest BCUT2D eigenvalue weighted by atomic mass is 10.1. The molecule has 1 aliphatic carbocycles. The van der Waals surface area contributed by atoms with E-state index < -0.39 is 11.7 Å². The van der Waals surface area contributed by atoms with Gasteiger partial charge in [0.1, 0.15) is 0 Å². The minimum atomic E-state index is -4.38. The number of halogens is 3. The van der Waals surface area contributed by atoms with E-state index in [4.69, 9.17) is 0 Å². The summed E-state index contributed by atoms with van der Waals surface area (Å²) in [6.45, 7) is 0.534. The van der Waals surface area contributed by atoms with Gasteiger partial charge >= 0.3 is 6.18 Å². The lowest BCUT2D eigenvalue weighted by Gasteiger charge is -2.20. The molecule has 114 valence electrons. The van der Waals surface area contributed by atoms with Crippen LogP contribution in [0, 0.1) is 0 Å². The highest BCUT2D eigenvalue weighted by molar-refractivity contribution is 5.84. The number of hydrogen-bond donors (Lipinski definition) is 1. The van der Waals surface area contributed by atoms with Crippen LogP contribution < -0.4 is 5.32 Å². The molecule has 1 aliphatic heterocycles. The minimum Gasteiger partial charge on any atom is -0.337 e. The topological polar surface area (TPSA) is 32.3 Å². The van der Waals surface area contributed by atoms with Crippen LogP contribution in [0.3, 0.4) is 0 Å². The number of amides is 1. The smallest absolute Gasteiger partial charge is 0.337 e. The van der Waals surface area contributed by atoms with Gasteiger partial charge in [-0.1, -0.05) is 18.2 Å². The summed E-state index contributed by atoms with van der Waals surface area (Å²) in [5.41, 5.74) is -0.498. The van der Waals surface area contributed by atoms with Gasteiger partial charge in [0.2, 0.25) is 5.91 Å². The van der Waals surface area contributed by atoms with Crippen LogP contribution in [0.5, 0.6) is 0 Å². The van der Waals surface area contributed by atoms with Crippen molar-refractivity contribution in [3.63, 3.8) is 0 Å². The quantitative estimate of drug-likeness (QED) is 0.926. The van der Waals surface area contributed by atoms with Crippen molar-refractivity contribution in [3.8, 4) is 0 Å². The Morgan fingerprint density at radius 3 is 2.57 bits per heavy atom. The number of hydrogen-bond acceptors (Lipinski definition) is 2. The lowest BCUT2D eigenvalue weighted by molar-refractivity contribution is -0.139. The van der Waals surface area contributed by atoms with Crippen molar-refractivity contribution in [2.45, 2.75) is 44.1 Å². The molecule has 0 aromatic heterocycles. The van der Waals surface area contributed by atoms with Crippen LogP contribution in [0.15, 0.2) is 24.3 Å². The van der Waals surface area contributed by atoms with Gasteiger partial charge in [0.05, 0.1) is 11.6 Å². The van der Waals surface area contributed by atoms with Crippen LogP contribution in [0.1, 0.15) is 30.4 Å². The Balaban J connectivity index is 1.71. The maximum Gasteiger partial charge on any atom is 0.416 e. The second kappa shape index (κ2) is 5.33. The first kappa shape index (κ1) is 14.4. The van der Waals surface area contributed by atoms with E-state index in [0.29, 0.717) is 19.0 Å². The third kappa shape index (κ3) is 3.20. The van der Waals surface area contributed by atoms with Crippen molar-refractivity contribution in [1.82, 2.24) is 10.2 Å². The summed E-state index contributed by atoms with van der Waals surface area (Å²) in [7, 11) is 0. The highest BCUT2D eigenvalue weighted by Gasteiger charge is 2.37. The van der Waals surface area contributed by atoms with Crippen molar-refractivity contribution in [1.29, 1.82) is 0 Å². The summed E-state index contributed by atoms with van der Waals surface area (Å²) in [4.78, 5) is 13.7. The minimum absolute atomic E-state index is 0.0252. The van der Waals surface area contributed by atoms with Crippen LogP contribution >= 0.6 is 0 Å². The third-order valence-electron chi connectivity index (χ3n) is 4.00. The summed E-state index contributed by atoms with van der Waals surface area (Å²) in [6.07, 6.45) is -1.55. The van der Waals surface area contributed by atoms with Crippen LogP contribution in [-0.4, -0.2) is 29.4 Å². The van der Waals surface area contributed by atoms with E-state index >= 15 is 0 Å². The number of nitrogens with zero attached hydrogens (tertiary/aromatic N) is 1. The Morgan fingerprint density at radius 2 is 1.90 bits per heavy atom. The molecule has 3 nitrogen and oxygen atoms in total. The number of carbonyl (C=O) groups is 1. The number of benzene rings is 1.